The van der Waals surface area contributed by atoms with Crippen molar-refractivity contribution in [1.82, 2.24) is 10.2 Å². The lowest BCUT2D eigenvalue weighted by atomic mass is 10.1. The van der Waals surface area contributed by atoms with E-state index < -0.39 is 0 Å². The third-order valence-corrected chi connectivity index (χ3v) is 3.81. The molecule has 0 aliphatic heterocycles. The summed E-state index contributed by atoms with van der Waals surface area (Å²) in [5.74, 6) is 1.90. The Kier molecular flexibility index (Phi) is 4.49. The SMILES string of the molecule is CCc1cc(OCc2nnc(-c3ccc(Br)o3)o2)ccc1Cl. The van der Waals surface area contributed by atoms with Crippen molar-refractivity contribution in [3.05, 3.63) is 51.5 Å². The highest BCUT2D eigenvalue weighted by atomic mass is 79.9. The molecular formula is C15H12BrClN2O3. The first kappa shape index (κ1) is 15.1. The third-order valence-electron chi connectivity index (χ3n) is 3.01. The van der Waals surface area contributed by atoms with Gasteiger partial charge in [0.2, 0.25) is 0 Å². The van der Waals surface area contributed by atoms with Crippen LogP contribution >= 0.6 is 27.5 Å². The van der Waals surface area contributed by atoms with Gasteiger partial charge in [0.05, 0.1) is 0 Å². The maximum atomic E-state index is 6.08. The number of benzene rings is 1. The molecule has 7 heteroatoms. The van der Waals surface area contributed by atoms with Crippen molar-refractivity contribution in [2.75, 3.05) is 0 Å². The number of furan rings is 1. The van der Waals surface area contributed by atoms with Crippen LogP contribution in [-0.4, -0.2) is 10.2 Å². The Morgan fingerprint density at radius 1 is 1.18 bits per heavy atom. The summed E-state index contributed by atoms with van der Waals surface area (Å²) in [5, 5.41) is 8.60. The molecule has 2 aromatic heterocycles. The average molecular weight is 384 g/mol. The van der Waals surface area contributed by atoms with E-state index in [1.54, 1.807) is 12.1 Å². The minimum Gasteiger partial charge on any atom is -0.484 e. The standard InChI is InChI=1S/C15H12BrClN2O3/c1-2-9-7-10(3-4-11(9)17)20-8-14-18-19-15(22-14)12-5-6-13(16)21-12/h3-7H,2,8H2,1H3. The zero-order chi connectivity index (χ0) is 15.5. The van der Waals surface area contributed by atoms with Crippen LogP contribution < -0.4 is 4.74 Å². The first-order valence-corrected chi connectivity index (χ1v) is 7.82. The number of hydrogen-bond donors (Lipinski definition) is 0. The molecule has 0 fully saturated rings. The van der Waals surface area contributed by atoms with Crippen LogP contribution in [-0.2, 0) is 13.0 Å². The fraction of sp³-hybridized carbons (Fsp3) is 0.200. The summed E-state index contributed by atoms with van der Waals surface area (Å²) in [4.78, 5) is 0. The van der Waals surface area contributed by atoms with Gasteiger partial charge in [-0.3, -0.25) is 0 Å². The molecule has 114 valence electrons. The Labute approximate surface area is 140 Å². The smallest absolute Gasteiger partial charge is 0.283 e. The van der Waals surface area contributed by atoms with Crippen LogP contribution in [0.25, 0.3) is 11.7 Å². The van der Waals surface area contributed by atoms with E-state index >= 15 is 0 Å². The minimum absolute atomic E-state index is 0.180. The maximum Gasteiger partial charge on any atom is 0.283 e. The molecule has 0 radical (unpaired) electrons. The molecule has 1 aromatic carbocycles. The number of hydrogen-bond acceptors (Lipinski definition) is 5. The van der Waals surface area contributed by atoms with Crippen molar-refractivity contribution >= 4 is 27.5 Å². The molecule has 0 amide bonds. The summed E-state index contributed by atoms with van der Waals surface area (Å²) >= 11 is 9.30. The molecule has 0 aliphatic carbocycles. The van der Waals surface area contributed by atoms with Gasteiger partial charge >= 0.3 is 0 Å². The molecule has 0 bridgehead atoms. The lowest BCUT2D eigenvalue weighted by Gasteiger charge is -2.06. The molecule has 0 saturated carbocycles. The highest BCUT2D eigenvalue weighted by Crippen LogP contribution is 2.25. The van der Waals surface area contributed by atoms with Crippen molar-refractivity contribution in [3.63, 3.8) is 0 Å². The molecule has 5 nitrogen and oxygen atoms in total. The Morgan fingerprint density at radius 3 is 2.77 bits per heavy atom. The lowest BCUT2D eigenvalue weighted by Crippen LogP contribution is -1.96. The molecular weight excluding hydrogens is 372 g/mol. The van der Waals surface area contributed by atoms with Gasteiger partial charge in [-0.2, -0.15) is 0 Å². The number of rotatable bonds is 5. The van der Waals surface area contributed by atoms with Crippen LogP contribution in [0.3, 0.4) is 0 Å². The Bertz CT molecular complexity index is 785. The van der Waals surface area contributed by atoms with Crippen LogP contribution in [0.5, 0.6) is 5.75 Å². The van der Waals surface area contributed by atoms with E-state index in [1.165, 1.54) is 0 Å². The summed E-state index contributed by atoms with van der Waals surface area (Å²) < 4.78 is 17.1. The summed E-state index contributed by atoms with van der Waals surface area (Å²) in [6.45, 7) is 2.22. The Morgan fingerprint density at radius 2 is 2.05 bits per heavy atom. The molecule has 3 aromatic rings. The van der Waals surface area contributed by atoms with E-state index in [4.69, 9.17) is 25.2 Å². The van der Waals surface area contributed by atoms with E-state index in [1.807, 2.05) is 25.1 Å². The predicted molar refractivity (Wildman–Crippen MR) is 84.9 cm³/mol. The Hall–Kier alpha value is -1.79. The van der Waals surface area contributed by atoms with Crippen molar-refractivity contribution in [1.29, 1.82) is 0 Å². The molecule has 0 saturated heterocycles. The maximum absolute atomic E-state index is 6.08. The van der Waals surface area contributed by atoms with Gasteiger partial charge in [-0.15, -0.1) is 10.2 Å². The Balaban J connectivity index is 1.68. The fourth-order valence-electron chi connectivity index (χ4n) is 1.90. The normalized spacial score (nSPS) is 10.9. The molecule has 0 aliphatic rings. The molecule has 0 spiro atoms. The van der Waals surface area contributed by atoms with Crippen LogP contribution in [0, 0.1) is 0 Å². The summed E-state index contributed by atoms with van der Waals surface area (Å²) in [6, 6.07) is 9.03. The molecule has 0 atom stereocenters. The molecule has 0 unspecified atom stereocenters. The number of ether oxygens (including phenoxy) is 1. The summed E-state index contributed by atoms with van der Waals surface area (Å²) in [6.07, 6.45) is 0.841. The van der Waals surface area contributed by atoms with Crippen LogP contribution in [0.2, 0.25) is 5.02 Å². The van der Waals surface area contributed by atoms with Crippen LogP contribution in [0.4, 0.5) is 0 Å². The zero-order valence-corrected chi connectivity index (χ0v) is 14.0. The second kappa shape index (κ2) is 6.54. The number of aromatic nitrogens is 2. The number of aryl methyl sites for hydroxylation is 1. The van der Waals surface area contributed by atoms with E-state index in [-0.39, 0.29) is 6.61 Å². The fourth-order valence-corrected chi connectivity index (χ4v) is 2.46. The second-order valence-electron chi connectivity index (χ2n) is 4.50. The highest BCUT2D eigenvalue weighted by molar-refractivity contribution is 9.10. The van der Waals surface area contributed by atoms with Gasteiger partial charge in [0.15, 0.2) is 17.0 Å². The average Bonchev–Trinajstić information content (AvgIpc) is 3.15. The van der Waals surface area contributed by atoms with Crippen molar-refractivity contribution in [2.45, 2.75) is 20.0 Å². The van der Waals surface area contributed by atoms with E-state index in [0.717, 1.165) is 17.0 Å². The first-order chi connectivity index (χ1) is 10.7. The van der Waals surface area contributed by atoms with Gasteiger partial charge in [0.25, 0.3) is 11.8 Å². The van der Waals surface area contributed by atoms with Crippen LogP contribution in [0.15, 0.2) is 43.8 Å². The van der Waals surface area contributed by atoms with Crippen molar-refractivity contribution in [3.8, 4) is 17.4 Å². The lowest BCUT2D eigenvalue weighted by molar-refractivity contribution is 0.263. The van der Waals surface area contributed by atoms with Gasteiger partial charge in [0.1, 0.15) is 5.75 Å². The van der Waals surface area contributed by atoms with E-state index in [9.17, 15) is 0 Å². The number of nitrogens with zero attached hydrogens (tertiary/aromatic N) is 2. The number of halogens is 2. The van der Waals surface area contributed by atoms with Gasteiger partial charge < -0.3 is 13.6 Å². The monoisotopic (exact) mass is 382 g/mol. The summed E-state index contributed by atoms with van der Waals surface area (Å²) in [5.41, 5.74) is 1.03. The van der Waals surface area contributed by atoms with Crippen LogP contribution in [0.1, 0.15) is 18.4 Å². The minimum atomic E-state index is 0.180. The molecule has 2 heterocycles. The highest BCUT2D eigenvalue weighted by Gasteiger charge is 2.12. The van der Waals surface area contributed by atoms with Gasteiger partial charge in [-0.1, -0.05) is 18.5 Å². The van der Waals surface area contributed by atoms with Gasteiger partial charge in [-0.05, 0) is 58.2 Å². The molecule has 0 N–H and O–H groups in total. The quantitative estimate of drug-likeness (QED) is 0.628. The van der Waals surface area contributed by atoms with Gasteiger partial charge in [-0.25, -0.2) is 0 Å². The molecule has 3 rings (SSSR count). The molecule has 22 heavy (non-hydrogen) atoms. The van der Waals surface area contributed by atoms with Gasteiger partial charge in [0, 0.05) is 5.02 Å². The van der Waals surface area contributed by atoms with Crippen molar-refractivity contribution < 1.29 is 13.6 Å². The third kappa shape index (κ3) is 3.34. The first-order valence-electron chi connectivity index (χ1n) is 6.65. The van der Waals surface area contributed by atoms with Crippen molar-refractivity contribution in [2.24, 2.45) is 0 Å². The van der Waals surface area contributed by atoms with E-state index in [2.05, 4.69) is 26.1 Å². The van der Waals surface area contributed by atoms with E-state index in [0.29, 0.717) is 28.0 Å². The zero-order valence-electron chi connectivity index (χ0n) is 11.7. The summed E-state index contributed by atoms with van der Waals surface area (Å²) in [7, 11) is 0. The largest absolute Gasteiger partial charge is 0.484 e. The second-order valence-corrected chi connectivity index (χ2v) is 5.69. The predicted octanol–water partition coefficient (Wildman–Crippen LogP) is 4.89. The topological polar surface area (TPSA) is 61.3 Å².